The lowest BCUT2D eigenvalue weighted by molar-refractivity contribution is 0.0957. The number of aromatic nitrogens is 2. The third-order valence-electron chi connectivity index (χ3n) is 4.72. The molecule has 0 unspecified atom stereocenters. The number of amides is 1. The number of para-hydroxylation sites is 2. The van der Waals surface area contributed by atoms with Crippen LogP contribution in [0.2, 0.25) is 5.02 Å². The van der Waals surface area contributed by atoms with E-state index in [2.05, 4.69) is 5.32 Å². The van der Waals surface area contributed by atoms with Crippen LogP contribution in [0.5, 0.6) is 0 Å². The van der Waals surface area contributed by atoms with Gasteiger partial charge in [0.15, 0.2) is 0 Å². The monoisotopic (exact) mass is 427 g/mol. The van der Waals surface area contributed by atoms with E-state index in [-0.39, 0.29) is 11.7 Å². The van der Waals surface area contributed by atoms with E-state index >= 15 is 0 Å². The molecule has 2 aromatic heterocycles. The Hall–Kier alpha value is -2.70. The fourth-order valence-corrected chi connectivity index (χ4v) is 4.14. The minimum Gasteiger partial charge on any atom is -0.351 e. The van der Waals surface area contributed by atoms with Gasteiger partial charge in [-0.25, -0.2) is 9.37 Å². The Morgan fingerprint density at radius 2 is 2.00 bits per heavy atom. The lowest BCUT2D eigenvalue weighted by atomic mass is 10.2. The molecule has 0 radical (unpaired) electrons. The van der Waals surface area contributed by atoms with Gasteiger partial charge in [-0.1, -0.05) is 35.9 Å². The van der Waals surface area contributed by atoms with Gasteiger partial charge < -0.3 is 9.88 Å². The van der Waals surface area contributed by atoms with Gasteiger partial charge in [-0.3, -0.25) is 4.79 Å². The van der Waals surface area contributed by atoms with Crippen LogP contribution in [0.1, 0.15) is 27.5 Å². The summed E-state index contributed by atoms with van der Waals surface area (Å²) in [5.41, 5.74) is 2.24. The summed E-state index contributed by atoms with van der Waals surface area (Å²) in [6.45, 7) is 0.850. The van der Waals surface area contributed by atoms with Gasteiger partial charge in [0.2, 0.25) is 0 Å². The predicted molar refractivity (Wildman–Crippen MR) is 115 cm³/mol. The molecule has 4 rings (SSSR count). The fourth-order valence-electron chi connectivity index (χ4n) is 3.28. The van der Waals surface area contributed by atoms with Crippen molar-refractivity contribution in [2.75, 3.05) is 6.54 Å². The Bertz CT molecular complexity index is 1120. The summed E-state index contributed by atoms with van der Waals surface area (Å²) < 4.78 is 16.3. The average molecular weight is 428 g/mol. The molecule has 148 valence electrons. The van der Waals surface area contributed by atoms with Crippen LogP contribution in [-0.4, -0.2) is 22.0 Å². The number of benzene rings is 2. The number of fused-ring (bicyclic) bond motifs is 1. The molecule has 29 heavy (non-hydrogen) atoms. The van der Waals surface area contributed by atoms with Crippen LogP contribution in [0.4, 0.5) is 4.39 Å². The van der Waals surface area contributed by atoms with Gasteiger partial charge in [0, 0.05) is 23.6 Å². The summed E-state index contributed by atoms with van der Waals surface area (Å²) in [5, 5.41) is 5.21. The minimum atomic E-state index is -0.329. The van der Waals surface area contributed by atoms with Crippen molar-refractivity contribution in [2.24, 2.45) is 0 Å². The Morgan fingerprint density at radius 1 is 1.14 bits per heavy atom. The molecule has 0 aliphatic heterocycles. The molecule has 0 fully saturated rings. The van der Waals surface area contributed by atoms with Crippen molar-refractivity contribution >= 4 is 39.9 Å². The van der Waals surface area contributed by atoms with E-state index in [1.54, 1.807) is 18.2 Å². The van der Waals surface area contributed by atoms with Gasteiger partial charge in [-0.15, -0.1) is 11.3 Å². The number of hydrogen-bond acceptors (Lipinski definition) is 3. The Labute approximate surface area is 177 Å². The highest BCUT2D eigenvalue weighted by Gasteiger charge is 2.15. The molecule has 0 saturated carbocycles. The van der Waals surface area contributed by atoms with E-state index in [1.807, 2.05) is 40.3 Å². The second kappa shape index (κ2) is 8.76. The first-order valence-electron chi connectivity index (χ1n) is 9.32. The van der Waals surface area contributed by atoms with E-state index in [4.69, 9.17) is 16.6 Å². The van der Waals surface area contributed by atoms with E-state index in [1.165, 1.54) is 17.4 Å². The van der Waals surface area contributed by atoms with Crippen LogP contribution in [0.25, 0.3) is 11.0 Å². The maximum absolute atomic E-state index is 14.3. The third-order valence-corrected chi connectivity index (χ3v) is 5.94. The zero-order valence-corrected chi connectivity index (χ0v) is 17.1. The molecule has 2 aromatic carbocycles. The molecule has 0 bridgehead atoms. The lowest BCUT2D eigenvalue weighted by Gasteiger charge is -2.12. The zero-order valence-electron chi connectivity index (χ0n) is 15.6. The van der Waals surface area contributed by atoms with Gasteiger partial charge >= 0.3 is 0 Å². The number of nitrogens with one attached hydrogen (secondary N) is 1. The highest BCUT2D eigenvalue weighted by Crippen LogP contribution is 2.24. The van der Waals surface area contributed by atoms with Crippen molar-refractivity contribution in [1.82, 2.24) is 14.9 Å². The molecule has 0 atom stereocenters. The number of thiophene rings is 1. The number of nitrogens with zero attached hydrogens (tertiary/aromatic N) is 2. The summed E-state index contributed by atoms with van der Waals surface area (Å²) >= 11 is 7.66. The molecule has 4 nitrogen and oxygen atoms in total. The number of carbonyl (C=O) groups is 1. The molecule has 4 aromatic rings. The van der Waals surface area contributed by atoms with Crippen molar-refractivity contribution in [3.8, 4) is 0 Å². The first-order chi connectivity index (χ1) is 14.1. The van der Waals surface area contributed by atoms with Crippen molar-refractivity contribution in [3.63, 3.8) is 0 Å². The molecule has 1 N–H and O–H groups in total. The van der Waals surface area contributed by atoms with Gasteiger partial charge in [-0.05, 0) is 42.1 Å². The second-order valence-electron chi connectivity index (χ2n) is 6.64. The summed E-state index contributed by atoms with van der Waals surface area (Å²) in [7, 11) is 0. The maximum atomic E-state index is 14.3. The Morgan fingerprint density at radius 3 is 2.79 bits per heavy atom. The summed E-state index contributed by atoms with van der Waals surface area (Å²) in [5.74, 6) is 0.451. The van der Waals surface area contributed by atoms with Crippen LogP contribution in [-0.2, 0) is 13.0 Å². The Balaban J connectivity index is 1.51. The highest BCUT2D eigenvalue weighted by atomic mass is 35.5. The number of imidazole rings is 1. The molecule has 0 aliphatic carbocycles. The van der Waals surface area contributed by atoms with Gasteiger partial charge in [0.1, 0.15) is 11.6 Å². The number of halogens is 2. The smallest absolute Gasteiger partial charge is 0.261 e. The first-order valence-corrected chi connectivity index (χ1v) is 10.6. The Kier molecular flexibility index (Phi) is 5.92. The summed E-state index contributed by atoms with van der Waals surface area (Å²) in [6, 6.07) is 16.2. The van der Waals surface area contributed by atoms with Gasteiger partial charge in [-0.2, -0.15) is 0 Å². The second-order valence-corrected chi connectivity index (χ2v) is 7.99. The number of hydrogen-bond donors (Lipinski definition) is 1. The zero-order chi connectivity index (χ0) is 20.2. The molecule has 0 aliphatic rings. The predicted octanol–water partition coefficient (Wildman–Crippen LogP) is 5.30. The summed E-state index contributed by atoms with van der Waals surface area (Å²) in [4.78, 5) is 17.5. The third kappa shape index (κ3) is 4.33. The van der Waals surface area contributed by atoms with Crippen LogP contribution in [0, 0.1) is 5.82 Å². The lowest BCUT2D eigenvalue weighted by Crippen LogP contribution is -2.24. The maximum Gasteiger partial charge on any atom is 0.261 e. The number of rotatable bonds is 7. The SMILES string of the molecule is O=C(NCCCc1nc2ccccc2n1Cc1c(F)cccc1Cl)c1cccs1. The van der Waals surface area contributed by atoms with E-state index < -0.39 is 0 Å². The van der Waals surface area contributed by atoms with E-state index in [9.17, 15) is 9.18 Å². The average Bonchev–Trinajstić information content (AvgIpc) is 3.36. The van der Waals surface area contributed by atoms with Crippen LogP contribution in [0.15, 0.2) is 60.0 Å². The number of aryl methyl sites for hydroxylation is 1. The summed E-state index contributed by atoms with van der Waals surface area (Å²) in [6.07, 6.45) is 1.39. The largest absolute Gasteiger partial charge is 0.351 e. The molecular formula is C22H19ClFN3OS. The first kappa shape index (κ1) is 19.6. The molecular weight excluding hydrogens is 409 g/mol. The van der Waals surface area contributed by atoms with Crippen molar-refractivity contribution in [3.05, 3.63) is 87.1 Å². The van der Waals surface area contributed by atoms with Crippen molar-refractivity contribution < 1.29 is 9.18 Å². The van der Waals surface area contributed by atoms with Crippen LogP contribution < -0.4 is 5.32 Å². The molecule has 2 heterocycles. The molecule has 0 saturated heterocycles. The quantitative estimate of drug-likeness (QED) is 0.407. The van der Waals surface area contributed by atoms with Crippen molar-refractivity contribution in [2.45, 2.75) is 19.4 Å². The minimum absolute atomic E-state index is 0.0633. The van der Waals surface area contributed by atoms with E-state index in [0.29, 0.717) is 35.0 Å². The topological polar surface area (TPSA) is 46.9 Å². The standard InChI is InChI=1S/C22H19ClFN3OS/c23-16-6-3-7-17(24)15(16)14-27-19-9-2-1-8-18(19)26-21(27)11-4-12-25-22(28)20-10-5-13-29-20/h1-3,5-10,13H,4,11-12,14H2,(H,25,28). The van der Waals surface area contributed by atoms with Gasteiger partial charge in [0.25, 0.3) is 5.91 Å². The van der Waals surface area contributed by atoms with Crippen LogP contribution >= 0.6 is 22.9 Å². The van der Waals surface area contributed by atoms with E-state index in [0.717, 1.165) is 23.3 Å². The van der Waals surface area contributed by atoms with Crippen LogP contribution in [0.3, 0.4) is 0 Å². The van der Waals surface area contributed by atoms with Crippen molar-refractivity contribution in [1.29, 1.82) is 0 Å². The highest BCUT2D eigenvalue weighted by molar-refractivity contribution is 7.12. The number of carbonyl (C=O) groups excluding carboxylic acids is 1. The fraction of sp³-hybridized carbons (Fsp3) is 0.182. The molecule has 0 spiro atoms. The normalized spacial score (nSPS) is 11.1. The van der Waals surface area contributed by atoms with Gasteiger partial charge in [0.05, 0.1) is 22.5 Å². The molecule has 1 amide bonds. The molecule has 7 heteroatoms.